The maximum Gasteiger partial charge on any atom is 0.0540 e. The first-order valence-electron chi connectivity index (χ1n) is 19.3. The predicted molar refractivity (Wildman–Crippen MR) is 242 cm³/mol. The highest BCUT2D eigenvalue weighted by atomic mass is 15.1. The third-order valence-corrected chi connectivity index (χ3v) is 10.4. The molecule has 8 aromatic rings. The number of rotatable bonds is 10. The van der Waals surface area contributed by atoms with Crippen LogP contribution in [-0.2, 0) is 0 Å². The Labute approximate surface area is 331 Å². The quantitative estimate of drug-likeness (QED) is 0.100. The molecule has 0 atom stereocenters. The van der Waals surface area contributed by atoms with Gasteiger partial charge in [0.2, 0.25) is 0 Å². The van der Waals surface area contributed by atoms with E-state index in [9.17, 15) is 0 Å². The van der Waals surface area contributed by atoms with Crippen LogP contribution in [0.2, 0.25) is 0 Å². The predicted octanol–water partition coefficient (Wildman–Crippen LogP) is 15.0. The van der Waals surface area contributed by atoms with Crippen molar-refractivity contribution in [3.8, 4) is 0 Å². The highest BCUT2D eigenvalue weighted by Gasteiger charge is 2.17. The average molecular weight is 720 g/mol. The summed E-state index contributed by atoms with van der Waals surface area (Å²) in [5.41, 5.74) is 16.6. The van der Waals surface area contributed by atoms with Crippen molar-refractivity contribution < 1.29 is 0 Å². The van der Waals surface area contributed by atoms with E-state index in [4.69, 9.17) is 0 Å². The summed E-state index contributed by atoms with van der Waals surface area (Å²) in [5, 5.41) is 2.39. The number of hydrogen-bond donors (Lipinski definition) is 0. The SMILES string of the molecule is Cc1ccc(C(=Cc2ccc(N(c3ccc(C)cc3)c3ccc(C=CC=C(c4ccccc4)c4ccccc4)c4ccccc34)cc2)c2ccc(C)cc2)cc1. The van der Waals surface area contributed by atoms with E-state index in [0.29, 0.717) is 0 Å². The van der Waals surface area contributed by atoms with Gasteiger partial charge in [0, 0.05) is 16.8 Å². The van der Waals surface area contributed by atoms with Crippen LogP contribution in [0.15, 0.2) is 206 Å². The van der Waals surface area contributed by atoms with Crippen molar-refractivity contribution in [2.45, 2.75) is 20.8 Å². The first-order chi connectivity index (χ1) is 27.5. The minimum absolute atomic E-state index is 1.10. The smallest absolute Gasteiger partial charge is 0.0540 e. The van der Waals surface area contributed by atoms with Gasteiger partial charge in [0.15, 0.2) is 0 Å². The summed E-state index contributed by atoms with van der Waals surface area (Å²) < 4.78 is 0. The molecule has 0 unspecified atom stereocenters. The molecule has 8 aromatic carbocycles. The van der Waals surface area contributed by atoms with Crippen LogP contribution in [0.4, 0.5) is 17.1 Å². The molecule has 0 amide bonds. The molecule has 0 N–H and O–H groups in total. The van der Waals surface area contributed by atoms with E-state index >= 15 is 0 Å². The first kappa shape index (κ1) is 36.0. The van der Waals surface area contributed by atoms with Crippen molar-refractivity contribution in [2.75, 3.05) is 4.90 Å². The van der Waals surface area contributed by atoms with Gasteiger partial charge in [-0.3, -0.25) is 0 Å². The van der Waals surface area contributed by atoms with Crippen molar-refractivity contribution in [3.63, 3.8) is 0 Å². The molecule has 0 radical (unpaired) electrons. The lowest BCUT2D eigenvalue weighted by Crippen LogP contribution is -2.10. The van der Waals surface area contributed by atoms with Crippen LogP contribution >= 0.6 is 0 Å². The number of anilines is 3. The van der Waals surface area contributed by atoms with Gasteiger partial charge in [0.1, 0.15) is 0 Å². The minimum Gasteiger partial charge on any atom is -0.310 e. The number of fused-ring (bicyclic) bond motifs is 1. The largest absolute Gasteiger partial charge is 0.310 e. The van der Waals surface area contributed by atoms with E-state index in [1.165, 1.54) is 66.4 Å². The molecule has 0 aromatic heterocycles. The van der Waals surface area contributed by atoms with Crippen LogP contribution in [0.5, 0.6) is 0 Å². The lowest BCUT2D eigenvalue weighted by atomic mass is 9.94. The minimum atomic E-state index is 1.10. The van der Waals surface area contributed by atoms with Gasteiger partial charge >= 0.3 is 0 Å². The molecular formula is C55H45N. The summed E-state index contributed by atoms with van der Waals surface area (Å²) in [4.78, 5) is 2.38. The monoisotopic (exact) mass is 719 g/mol. The second-order valence-electron chi connectivity index (χ2n) is 14.4. The highest BCUT2D eigenvalue weighted by molar-refractivity contribution is 6.03. The van der Waals surface area contributed by atoms with Gasteiger partial charge in [0.05, 0.1) is 5.69 Å². The average Bonchev–Trinajstić information content (AvgIpc) is 3.25. The van der Waals surface area contributed by atoms with Gasteiger partial charge in [-0.15, -0.1) is 0 Å². The van der Waals surface area contributed by atoms with Crippen molar-refractivity contribution >= 4 is 51.1 Å². The van der Waals surface area contributed by atoms with Gasteiger partial charge in [-0.25, -0.2) is 0 Å². The molecule has 0 aliphatic rings. The summed E-state index contributed by atoms with van der Waals surface area (Å²) >= 11 is 0. The summed E-state index contributed by atoms with van der Waals surface area (Å²) in [6.07, 6.45) is 8.95. The molecular weight excluding hydrogens is 675 g/mol. The maximum atomic E-state index is 2.38. The molecule has 0 aliphatic carbocycles. The van der Waals surface area contributed by atoms with Crippen molar-refractivity contribution in [1.29, 1.82) is 0 Å². The Bertz CT molecular complexity index is 2560. The molecule has 0 saturated carbocycles. The summed E-state index contributed by atoms with van der Waals surface area (Å²) in [6, 6.07) is 69.9. The van der Waals surface area contributed by atoms with E-state index in [2.05, 4.69) is 244 Å². The lowest BCUT2D eigenvalue weighted by molar-refractivity contribution is 1.29. The number of hydrogen-bond acceptors (Lipinski definition) is 1. The number of allylic oxidation sites excluding steroid dienone is 2. The highest BCUT2D eigenvalue weighted by Crippen LogP contribution is 2.40. The Balaban J connectivity index is 1.19. The van der Waals surface area contributed by atoms with E-state index in [1.54, 1.807) is 0 Å². The molecule has 8 rings (SSSR count). The van der Waals surface area contributed by atoms with E-state index in [-0.39, 0.29) is 0 Å². The van der Waals surface area contributed by atoms with Crippen LogP contribution in [0.3, 0.4) is 0 Å². The Morgan fingerprint density at radius 2 is 0.839 bits per heavy atom. The third kappa shape index (κ3) is 8.09. The summed E-state index contributed by atoms with van der Waals surface area (Å²) in [6.45, 7) is 6.41. The van der Waals surface area contributed by atoms with Crippen LogP contribution < -0.4 is 4.90 Å². The first-order valence-corrected chi connectivity index (χ1v) is 19.3. The molecule has 1 nitrogen and oxygen atoms in total. The van der Waals surface area contributed by atoms with Gasteiger partial charge in [-0.1, -0.05) is 199 Å². The molecule has 0 heterocycles. The van der Waals surface area contributed by atoms with E-state index in [0.717, 1.165) is 22.6 Å². The fourth-order valence-electron chi connectivity index (χ4n) is 7.30. The number of benzene rings is 8. The third-order valence-electron chi connectivity index (χ3n) is 10.4. The lowest BCUT2D eigenvalue weighted by Gasteiger charge is -2.27. The van der Waals surface area contributed by atoms with Gasteiger partial charge < -0.3 is 4.90 Å². The molecule has 0 fully saturated rings. The van der Waals surface area contributed by atoms with Crippen molar-refractivity contribution in [2.24, 2.45) is 0 Å². The van der Waals surface area contributed by atoms with E-state index in [1.807, 2.05) is 0 Å². The van der Waals surface area contributed by atoms with Crippen molar-refractivity contribution in [3.05, 3.63) is 256 Å². The Morgan fingerprint density at radius 1 is 0.393 bits per heavy atom. The Kier molecular flexibility index (Phi) is 10.7. The topological polar surface area (TPSA) is 3.24 Å². The van der Waals surface area contributed by atoms with Gasteiger partial charge in [-0.2, -0.15) is 0 Å². The summed E-state index contributed by atoms with van der Waals surface area (Å²) in [7, 11) is 0. The Hall–Kier alpha value is -6.96. The number of aryl methyl sites for hydroxylation is 3. The second-order valence-corrected chi connectivity index (χ2v) is 14.4. The standard InChI is InChI=1S/C55H45N/c1-40-21-29-47(30-22-40)54(48-31-23-41(2)24-32-48)39-43-27-36-50(37-28-43)56(49-34-25-42(3)26-35-49)55-38-33-46(52-18-10-11-19-53(52)55)17-12-20-51(44-13-6-4-7-14-44)45-15-8-5-9-16-45/h4-39H,1-3H3. The maximum absolute atomic E-state index is 2.38. The molecule has 270 valence electrons. The molecule has 0 bridgehead atoms. The molecule has 1 heteroatoms. The van der Waals surface area contributed by atoms with Gasteiger partial charge in [-0.05, 0) is 107 Å². The zero-order chi connectivity index (χ0) is 38.3. The number of nitrogens with zero attached hydrogens (tertiary/aromatic N) is 1. The van der Waals surface area contributed by atoms with Gasteiger partial charge in [0.25, 0.3) is 0 Å². The fourth-order valence-corrected chi connectivity index (χ4v) is 7.30. The molecule has 0 spiro atoms. The zero-order valence-corrected chi connectivity index (χ0v) is 32.2. The van der Waals surface area contributed by atoms with Crippen LogP contribution in [0.25, 0.3) is 34.1 Å². The van der Waals surface area contributed by atoms with Crippen molar-refractivity contribution in [1.82, 2.24) is 0 Å². The van der Waals surface area contributed by atoms with Crippen LogP contribution in [0.1, 0.15) is 50.1 Å². The van der Waals surface area contributed by atoms with Crippen LogP contribution in [0, 0.1) is 20.8 Å². The summed E-state index contributed by atoms with van der Waals surface area (Å²) in [5.74, 6) is 0. The molecule has 0 saturated heterocycles. The second kappa shape index (κ2) is 16.6. The Morgan fingerprint density at radius 3 is 1.38 bits per heavy atom. The normalized spacial score (nSPS) is 11.1. The fraction of sp³-hybridized carbons (Fsp3) is 0.0545. The molecule has 0 aliphatic heterocycles. The van der Waals surface area contributed by atoms with E-state index < -0.39 is 0 Å². The van der Waals surface area contributed by atoms with Crippen LogP contribution in [-0.4, -0.2) is 0 Å². The zero-order valence-electron chi connectivity index (χ0n) is 32.2. The molecule has 56 heavy (non-hydrogen) atoms.